The third-order valence-corrected chi connectivity index (χ3v) is 6.60. The average molecular weight is 447 g/mol. The van der Waals surface area contributed by atoms with Crippen LogP contribution in [0.1, 0.15) is 32.8 Å². The summed E-state index contributed by atoms with van der Waals surface area (Å²) in [5.41, 5.74) is 1.12. The fourth-order valence-corrected chi connectivity index (χ4v) is 4.38. The molecule has 2 aromatic carbocycles. The van der Waals surface area contributed by atoms with E-state index in [9.17, 15) is 13.2 Å². The van der Waals surface area contributed by atoms with Crippen LogP contribution in [0.4, 0.5) is 5.69 Å². The van der Waals surface area contributed by atoms with Gasteiger partial charge in [0.05, 0.1) is 24.3 Å². The first-order valence-electron chi connectivity index (χ1n) is 10.3. The summed E-state index contributed by atoms with van der Waals surface area (Å²) in [6.07, 6.45) is 3.98. The molecule has 2 rings (SSSR count). The van der Waals surface area contributed by atoms with Crippen LogP contribution in [0.15, 0.2) is 53.4 Å². The van der Waals surface area contributed by atoms with Gasteiger partial charge in [-0.15, -0.1) is 0 Å². The second kappa shape index (κ2) is 11.5. The number of nitrogens with zero attached hydrogens (tertiary/aromatic N) is 1. The smallest absolute Gasteiger partial charge is 0.248 e. The predicted molar refractivity (Wildman–Crippen MR) is 123 cm³/mol. The Labute approximate surface area is 184 Å². The lowest BCUT2D eigenvalue weighted by Crippen LogP contribution is -2.30. The van der Waals surface area contributed by atoms with Gasteiger partial charge in [0.15, 0.2) is 0 Å². The lowest BCUT2D eigenvalue weighted by molar-refractivity contribution is -0.111. The number of ether oxygens (including phenoxy) is 2. The first-order valence-corrected chi connectivity index (χ1v) is 11.7. The third kappa shape index (κ3) is 6.57. The maximum absolute atomic E-state index is 12.8. The third-order valence-electron chi connectivity index (χ3n) is 4.55. The number of hydrogen-bond donors (Lipinski definition) is 1. The fraction of sp³-hybridized carbons (Fsp3) is 0.348. The summed E-state index contributed by atoms with van der Waals surface area (Å²) in [6, 6.07) is 11.8. The van der Waals surface area contributed by atoms with Crippen LogP contribution in [0, 0.1) is 0 Å². The standard InChI is InChI=1S/C23H30N2O5S/c1-5-16-30-19-11-8-18(9-12-19)10-15-23(26)24-21-17-20(13-14-22(21)29-4)31(27,28)25(6-2)7-3/h8-15,17H,5-7,16H2,1-4H3,(H,24,26)/b15-10+. The van der Waals surface area contributed by atoms with E-state index < -0.39 is 15.9 Å². The van der Waals surface area contributed by atoms with Gasteiger partial charge in [-0.25, -0.2) is 8.42 Å². The molecule has 7 nitrogen and oxygen atoms in total. The van der Waals surface area contributed by atoms with Crippen molar-refractivity contribution in [3.05, 3.63) is 54.1 Å². The summed E-state index contributed by atoms with van der Waals surface area (Å²) in [7, 11) is -2.19. The minimum Gasteiger partial charge on any atom is -0.495 e. The summed E-state index contributed by atoms with van der Waals surface area (Å²) in [4.78, 5) is 12.5. The largest absolute Gasteiger partial charge is 0.495 e. The molecule has 0 unspecified atom stereocenters. The highest BCUT2D eigenvalue weighted by atomic mass is 32.2. The van der Waals surface area contributed by atoms with Crippen LogP contribution in [-0.2, 0) is 14.8 Å². The maximum Gasteiger partial charge on any atom is 0.248 e. The topological polar surface area (TPSA) is 84.9 Å². The van der Waals surface area contributed by atoms with Gasteiger partial charge in [-0.3, -0.25) is 4.79 Å². The number of rotatable bonds is 11. The summed E-state index contributed by atoms with van der Waals surface area (Å²) >= 11 is 0. The van der Waals surface area contributed by atoms with Crippen molar-refractivity contribution in [3.8, 4) is 11.5 Å². The van der Waals surface area contributed by atoms with Crippen molar-refractivity contribution in [1.82, 2.24) is 4.31 Å². The lowest BCUT2D eigenvalue weighted by atomic mass is 10.2. The molecule has 1 N–H and O–H groups in total. The van der Waals surface area contributed by atoms with Crippen LogP contribution in [0.5, 0.6) is 11.5 Å². The zero-order chi connectivity index (χ0) is 22.9. The number of anilines is 1. The molecule has 0 aliphatic heterocycles. The van der Waals surface area contributed by atoms with Crippen molar-refractivity contribution in [2.75, 3.05) is 32.1 Å². The van der Waals surface area contributed by atoms with Crippen molar-refractivity contribution in [2.45, 2.75) is 32.1 Å². The van der Waals surface area contributed by atoms with E-state index >= 15 is 0 Å². The highest BCUT2D eigenvalue weighted by molar-refractivity contribution is 7.89. The highest BCUT2D eigenvalue weighted by Crippen LogP contribution is 2.29. The average Bonchev–Trinajstić information content (AvgIpc) is 2.77. The van der Waals surface area contributed by atoms with E-state index in [1.54, 1.807) is 19.9 Å². The number of carbonyl (C=O) groups excluding carboxylic acids is 1. The molecule has 0 radical (unpaired) electrons. The molecule has 0 heterocycles. The number of amides is 1. The highest BCUT2D eigenvalue weighted by Gasteiger charge is 2.23. The lowest BCUT2D eigenvalue weighted by Gasteiger charge is -2.19. The van der Waals surface area contributed by atoms with Crippen LogP contribution in [0.2, 0.25) is 0 Å². The van der Waals surface area contributed by atoms with E-state index in [0.29, 0.717) is 25.4 Å². The molecule has 2 aromatic rings. The Balaban J connectivity index is 2.17. The number of nitrogens with one attached hydrogen (secondary N) is 1. The monoisotopic (exact) mass is 446 g/mol. The Hall–Kier alpha value is -2.84. The minimum atomic E-state index is -3.65. The van der Waals surface area contributed by atoms with Crippen LogP contribution in [0.3, 0.4) is 0 Å². The van der Waals surface area contributed by atoms with E-state index in [0.717, 1.165) is 17.7 Å². The number of carbonyl (C=O) groups is 1. The summed E-state index contributed by atoms with van der Waals surface area (Å²) in [6.45, 7) is 6.97. The zero-order valence-corrected chi connectivity index (χ0v) is 19.2. The molecular formula is C23H30N2O5S. The predicted octanol–water partition coefficient (Wildman–Crippen LogP) is 4.17. The SMILES string of the molecule is CCCOc1ccc(/C=C/C(=O)Nc2cc(S(=O)(=O)N(CC)CC)ccc2OC)cc1. The molecule has 8 heteroatoms. The van der Waals surface area contributed by atoms with Crippen molar-refractivity contribution in [2.24, 2.45) is 0 Å². The molecule has 0 aliphatic carbocycles. The van der Waals surface area contributed by atoms with Crippen LogP contribution < -0.4 is 14.8 Å². The molecule has 0 atom stereocenters. The minimum absolute atomic E-state index is 0.0962. The summed E-state index contributed by atoms with van der Waals surface area (Å²) < 4.78 is 37.7. The number of benzene rings is 2. The van der Waals surface area contributed by atoms with E-state index in [1.807, 2.05) is 31.2 Å². The second-order valence-electron chi connectivity index (χ2n) is 6.69. The molecule has 0 aliphatic rings. The maximum atomic E-state index is 12.8. The molecule has 168 valence electrons. The van der Waals surface area contributed by atoms with Gasteiger partial charge in [-0.05, 0) is 48.4 Å². The molecule has 0 bridgehead atoms. The molecular weight excluding hydrogens is 416 g/mol. The molecule has 0 aromatic heterocycles. The van der Waals surface area contributed by atoms with Gasteiger partial charge < -0.3 is 14.8 Å². The van der Waals surface area contributed by atoms with Gasteiger partial charge >= 0.3 is 0 Å². The number of methoxy groups -OCH3 is 1. The number of sulfonamides is 1. The number of hydrogen-bond acceptors (Lipinski definition) is 5. The quantitative estimate of drug-likeness (QED) is 0.524. The molecule has 1 amide bonds. The van der Waals surface area contributed by atoms with Gasteiger partial charge in [0.25, 0.3) is 0 Å². The second-order valence-corrected chi connectivity index (χ2v) is 8.63. The van der Waals surface area contributed by atoms with Gasteiger partial charge in [0, 0.05) is 19.2 Å². The van der Waals surface area contributed by atoms with Gasteiger partial charge in [-0.1, -0.05) is 32.9 Å². The van der Waals surface area contributed by atoms with Gasteiger partial charge in [0.1, 0.15) is 11.5 Å². The van der Waals surface area contributed by atoms with E-state index in [1.165, 1.54) is 35.7 Å². The van der Waals surface area contributed by atoms with E-state index in [4.69, 9.17) is 9.47 Å². The first kappa shape index (κ1) is 24.4. The van der Waals surface area contributed by atoms with Crippen molar-refractivity contribution < 1.29 is 22.7 Å². The Morgan fingerprint density at radius 1 is 1.06 bits per heavy atom. The Morgan fingerprint density at radius 3 is 2.32 bits per heavy atom. The van der Waals surface area contributed by atoms with Crippen LogP contribution in [-0.4, -0.2) is 45.4 Å². The molecule has 0 saturated heterocycles. The molecule has 0 spiro atoms. The van der Waals surface area contributed by atoms with Crippen LogP contribution in [0.25, 0.3) is 6.08 Å². The van der Waals surface area contributed by atoms with Crippen molar-refractivity contribution >= 4 is 27.7 Å². The fourth-order valence-electron chi connectivity index (χ4n) is 2.90. The molecule has 0 fully saturated rings. The Kier molecular flexibility index (Phi) is 9.08. The van der Waals surface area contributed by atoms with E-state index in [-0.39, 0.29) is 10.6 Å². The first-order chi connectivity index (χ1) is 14.8. The van der Waals surface area contributed by atoms with Crippen molar-refractivity contribution in [3.63, 3.8) is 0 Å². The Morgan fingerprint density at radius 2 is 1.74 bits per heavy atom. The van der Waals surface area contributed by atoms with Gasteiger partial charge in [0.2, 0.25) is 15.9 Å². The Bertz CT molecular complexity index is 997. The van der Waals surface area contributed by atoms with Crippen molar-refractivity contribution in [1.29, 1.82) is 0 Å². The summed E-state index contributed by atoms with van der Waals surface area (Å²) in [5.74, 6) is 0.749. The summed E-state index contributed by atoms with van der Waals surface area (Å²) in [5, 5.41) is 2.70. The molecule has 0 saturated carbocycles. The van der Waals surface area contributed by atoms with E-state index in [2.05, 4.69) is 5.32 Å². The molecule has 31 heavy (non-hydrogen) atoms. The van der Waals surface area contributed by atoms with Gasteiger partial charge in [-0.2, -0.15) is 4.31 Å². The zero-order valence-electron chi connectivity index (χ0n) is 18.4. The van der Waals surface area contributed by atoms with Crippen LogP contribution >= 0.6 is 0 Å². The normalized spacial score (nSPS) is 11.6.